The molecule has 1 amide bonds. The second-order valence-corrected chi connectivity index (χ2v) is 4.13. The third-order valence-electron chi connectivity index (χ3n) is 2.63. The highest BCUT2D eigenvalue weighted by Gasteiger charge is 2.26. The van der Waals surface area contributed by atoms with E-state index in [1.807, 2.05) is 6.92 Å². The molecular weight excluding hydrogens is 246 g/mol. The summed E-state index contributed by atoms with van der Waals surface area (Å²) in [6.07, 6.45) is 1.92. The van der Waals surface area contributed by atoms with Crippen molar-refractivity contribution < 1.29 is 19.1 Å². The molecule has 0 radical (unpaired) electrons. The molecular formula is C11H14ClNO4. The monoisotopic (exact) mass is 259 g/mol. The minimum atomic E-state index is -1.06. The minimum absolute atomic E-state index is 0.0456. The summed E-state index contributed by atoms with van der Waals surface area (Å²) in [7, 11) is 0. The van der Waals surface area contributed by atoms with Gasteiger partial charge in [0.2, 0.25) is 5.22 Å². The topological polar surface area (TPSA) is 79.5 Å². The lowest BCUT2D eigenvalue weighted by Gasteiger charge is -2.19. The number of aliphatic carboxylic acids is 1. The van der Waals surface area contributed by atoms with E-state index in [9.17, 15) is 9.59 Å². The average molecular weight is 260 g/mol. The number of hydrogen-bond donors (Lipinski definition) is 2. The van der Waals surface area contributed by atoms with Crippen LogP contribution in [0, 0.1) is 5.92 Å². The second kappa shape index (κ2) is 5.72. The van der Waals surface area contributed by atoms with E-state index in [2.05, 4.69) is 5.32 Å². The highest BCUT2D eigenvalue weighted by Crippen LogP contribution is 2.17. The van der Waals surface area contributed by atoms with Crippen LogP contribution in [-0.4, -0.2) is 23.0 Å². The highest BCUT2D eigenvalue weighted by atomic mass is 35.5. The molecule has 0 spiro atoms. The molecule has 0 saturated heterocycles. The predicted octanol–water partition coefficient (Wildman–Crippen LogP) is 2.16. The van der Waals surface area contributed by atoms with E-state index in [-0.39, 0.29) is 16.7 Å². The summed E-state index contributed by atoms with van der Waals surface area (Å²) < 4.78 is 4.77. The number of carboxylic acid groups (broad SMARTS) is 1. The van der Waals surface area contributed by atoms with Crippen LogP contribution in [0.1, 0.15) is 30.6 Å². The zero-order valence-corrected chi connectivity index (χ0v) is 10.3. The Morgan fingerprint density at radius 1 is 1.59 bits per heavy atom. The fraction of sp³-hybridized carbons (Fsp3) is 0.455. The van der Waals surface area contributed by atoms with Gasteiger partial charge in [0.25, 0.3) is 5.91 Å². The first-order valence-electron chi connectivity index (χ1n) is 5.24. The lowest BCUT2D eigenvalue weighted by atomic mass is 9.99. The van der Waals surface area contributed by atoms with Gasteiger partial charge in [-0.3, -0.25) is 4.79 Å². The van der Waals surface area contributed by atoms with Gasteiger partial charge >= 0.3 is 5.97 Å². The third kappa shape index (κ3) is 3.23. The number of carbonyl (C=O) groups is 2. The van der Waals surface area contributed by atoms with E-state index in [0.717, 1.165) is 0 Å². The van der Waals surface area contributed by atoms with Gasteiger partial charge in [0.1, 0.15) is 6.04 Å². The fourth-order valence-corrected chi connectivity index (χ4v) is 1.56. The van der Waals surface area contributed by atoms with E-state index < -0.39 is 17.9 Å². The number of furan rings is 1. The van der Waals surface area contributed by atoms with Gasteiger partial charge in [-0.05, 0) is 23.6 Å². The smallest absolute Gasteiger partial charge is 0.326 e. The number of rotatable bonds is 5. The molecule has 0 aliphatic carbocycles. The zero-order chi connectivity index (χ0) is 13.0. The summed E-state index contributed by atoms with van der Waals surface area (Å²) in [5.74, 6) is -1.77. The Hall–Kier alpha value is -1.49. The van der Waals surface area contributed by atoms with Gasteiger partial charge in [-0.1, -0.05) is 20.3 Å². The number of hydrogen-bond acceptors (Lipinski definition) is 3. The molecule has 1 heterocycles. The molecule has 1 aromatic heterocycles. The summed E-state index contributed by atoms with van der Waals surface area (Å²) >= 11 is 5.64. The molecule has 0 fully saturated rings. The number of carbonyl (C=O) groups excluding carboxylic acids is 1. The van der Waals surface area contributed by atoms with Gasteiger partial charge in [-0.25, -0.2) is 4.79 Å². The first kappa shape index (κ1) is 13.6. The molecule has 94 valence electrons. The third-order valence-corrected chi connectivity index (χ3v) is 2.92. The van der Waals surface area contributed by atoms with Crippen LogP contribution in [0.2, 0.25) is 5.22 Å². The van der Waals surface area contributed by atoms with Crippen LogP contribution < -0.4 is 5.32 Å². The molecule has 0 bridgehead atoms. The van der Waals surface area contributed by atoms with Crippen molar-refractivity contribution in [3.63, 3.8) is 0 Å². The van der Waals surface area contributed by atoms with Gasteiger partial charge in [-0.15, -0.1) is 0 Å². The van der Waals surface area contributed by atoms with Crippen LogP contribution in [0.15, 0.2) is 16.7 Å². The first-order valence-corrected chi connectivity index (χ1v) is 5.61. The summed E-state index contributed by atoms with van der Waals surface area (Å²) in [6.45, 7) is 3.62. The molecule has 0 unspecified atom stereocenters. The summed E-state index contributed by atoms with van der Waals surface area (Å²) in [5, 5.41) is 11.4. The van der Waals surface area contributed by atoms with Crippen molar-refractivity contribution in [2.75, 3.05) is 0 Å². The Morgan fingerprint density at radius 2 is 2.24 bits per heavy atom. The summed E-state index contributed by atoms with van der Waals surface area (Å²) in [6, 6.07) is 0.464. The number of carboxylic acids is 1. The van der Waals surface area contributed by atoms with Crippen LogP contribution in [0.3, 0.4) is 0 Å². The molecule has 17 heavy (non-hydrogen) atoms. The van der Waals surface area contributed by atoms with Gasteiger partial charge in [0.15, 0.2) is 0 Å². The largest absolute Gasteiger partial charge is 0.480 e. The van der Waals surface area contributed by atoms with Crippen molar-refractivity contribution >= 4 is 23.5 Å². The highest BCUT2D eigenvalue weighted by molar-refractivity contribution is 6.32. The van der Waals surface area contributed by atoms with Crippen LogP contribution in [0.25, 0.3) is 0 Å². The summed E-state index contributed by atoms with van der Waals surface area (Å²) in [4.78, 5) is 22.8. The first-order chi connectivity index (χ1) is 7.97. The Kier molecular flexibility index (Phi) is 4.57. The molecule has 2 atom stereocenters. The normalized spacial score (nSPS) is 14.1. The Balaban J connectivity index is 2.78. The molecule has 5 nitrogen and oxygen atoms in total. The Morgan fingerprint density at radius 3 is 2.65 bits per heavy atom. The van der Waals surface area contributed by atoms with Crippen LogP contribution >= 0.6 is 11.6 Å². The maximum absolute atomic E-state index is 11.7. The number of halogens is 1. The van der Waals surface area contributed by atoms with Crippen molar-refractivity contribution in [1.82, 2.24) is 5.32 Å². The molecule has 2 N–H and O–H groups in total. The van der Waals surface area contributed by atoms with Gasteiger partial charge < -0.3 is 14.8 Å². The van der Waals surface area contributed by atoms with Crippen molar-refractivity contribution in [2.45, 2.75) is 26.3 Å². The van der Waals surface area contributed by atoms with Crippen molar-refractivity contribution in [2.24, 2.45) is 5.92 Å². The SMILES string of the molecule is CC[C@H](C)[C@H](NC(=O)c1ccoc1Cl)C(=O)O. The minimum Gasteiger partial charge on any atom is -0.480 e. The summed E-state index contributed by atoms with van der Waals surface area (Å²) in [5.41, 5.74) is 0.140. The molecule has 0 aliphatic heterocycles. The van der Waals surface area contributed by atoms with E-state index in [0.29, 0.717) is 6.42 Å². The molecule has 1 aromatic rings. The molecule has 6 heteroatoms. The van der Waals surface area contributed by atoms with Crippen LogP contribution in [0.4, 0.5) is 0 Å². The van der Waals surface area contributed by atoms with Crippen LogP contribution in [-0.2, 0) is 4.79 Å². The van der Waals surface area contributed by atoms with E-state index in [1.165, 1.54) is 12.3 Å². The zero-order valence-electron chi connectivity index (χ0n) is 9.57. The Bertz CT molecular complexity index is 415. The van der Waals surface area contributed by atoms with Crippen LogP contribution in [0.5, 0.6) is 0 Å². The maximum Gasteiger partial charge on any atom is 0.326 e. The van der Waals surface area contributed by atoms with Gasteiger partial charge in [0.05, 0.1) is 11.8 Å². The van der Waals surface area contributed by atoms with Crippen molar-refractivity contribution in [1.29, 1.82) is 0 Å². The Labute approximate surface area is 104 Å². The number of amides is 1. The number of nitrogens with one attached hydrogen (secondary N) is 1. The quantitative estimate of drug-likeness (QED) is 0.849. The van der Waals surface area contributed by atoms with Crippen molar-refractivity contribution in [3.05, 3.63) is 23.1 Å². The molecule has 1 rings (SSSR count). The molecule has 0 aliphatic rings. The van der Waals surface area contributed by atoms with Gasteiger partial charge in [-0.2, -0.15) is 0 Å². The lowest BCUT2D eigenvalue weighted by molar-refractivity contribution is -0.140. The lowest BCUT2D eigenvalue weighted by Crippen LogP contribution is -2.44. The second-order valence-electron chi connectivity index (χ2n) is 3.78. The standard InChI is InChI=1S/C11H14ClNO4/c1-3-6(2)8(11(15)16)13-10(14)7-4-5-17-9(7)12/h4-6,8H,3H2,1-2H3,(H,13,14)(H,15,16)/t6-,8-/m0/s1. The maximum atomic E-state index is 11.7. The van der Waals surface area contributed by atoms with Crippen molar-refractivity contribution in [3.8, 4) is 0 Å². The average Bonchev–Trinajstić information content (AvgIpc) is 2.70. The molecule has 0 saturated carbocycles. The van der Waals surface area contributed by atoms with E-state index in [4.69, 9.17) is 21.1 Å². The van der Waals surface area contributed by atoms with Gasteiger partial charge in [0, 0.05) is 0 Å². The fourth-order valence-electron chi connectivity index (χ4n) is 1.36. The van der Waals surface area contributed by atoms with E-state index >= 15 is 0 Å². The van der Waals surface area contributed by atoms with E-state index in [1.54, 1.807) is 6.92 Å². The predicted molar refractivity (Wildman–Crippen MR) is 62.1 cm³/mol. The molecule has 0 aromatic carbocycles.